The Balaban J connectivity index is 2.32. The van der Waals surface area contributed by atoms with Gasteiger partial charge in [-0.15, -0.1) is 0 Å². The van der Waals surface area contributed by atoms with Crippen LogP contribution >= 0.6 is 15.9 Å². The first-order valence-corrected chi connectivity index (χ1v) is 6.84. The number of rotatable bonds is 4. The number of nitrogens with two attached hydrogens (primary N) is 1. The zero-order valence-corrected chi connectivity index (χ0v) is 12.4. The lowest BCUT2D eigenvalue weighted by atomic mass is 10.0. The largest absolute Gasteiger partial charge is 0.370 e. The van der Waals surface area contributed by atoms with Crippen LogP contribution in [0.1, 0.15) is 17.2 Å². The summed E-state index contributed by atoms with van der Waals surface area (Å²) in [6, 6.07) is 11.2. The zero-order chi connectivity index (χ0) is 14.7. The van der Waals surface area contributed by atoms with Crippen molar-refractivity contribution in [1.82, 2.24) is 0 Å². The number of anilines is 1. The smallest absolute Gasteiger partial charge is 0.244 e. The minimum atomic E-state index is -0.778. The lowest BCUT2D eigenvalue weighted by molar-refractivity contribution is -0.118. The molecule has 0 bridgehead atoms. The molecule has 104 valence electrons. The first-order valence-electron chi connectivity index (χ1n) is 6.05. The molecule has 1 atom stereocenters. The highest BCUT2D eigenvalue weighted by Crippen LogP contribution is 2.23. The Morgan fingerprint density at radius 2 is 2.05 bits per heavy atom. The minimum Gasteiger partial charge on any atom is -0.370 e. The number of primary amides is 1. The Kier molecular flexibility index (Phi) is 4.39. The van der Waals surface area contributed by atoms with Crippen molar-refractivity contribution in [3.8, 4) is 0 Å². The number of benzene rings is 2. The van der Waals surface area contributed by atoms with E-state index in [-0.39, 0.29) is 5.82 Å². The molecule has 2 rings (SSSR count). The summed E-state index contributed by atoms with van der Waals surface area (Å²) in [6.45, 7) is 1.67. The number of hydrogen-bond acceptors (Lipinski definition) is 2. The van der Waals surface area contributed by atoms with Crippen molar-refractivity contribution in [2.24, 2.45) is 5.73 Å². The van der Waals surface area contributed by atoms with Gasteiger partial charge in [0.05, 0.1) is 0 Å². The van der Waals surface area contributed by atoms with Crippen LogP contribution in [0.4, 0.5) is 10.1 Å². The van der Waals surface area contributed by atoms with Crippen LogP contribution in [0.25, 0.3) is 0 Å². The van der Waals surface area contributed by atoms with E-state index in [0.717, 1.165) is 10.2 Å². The number of nitrogens with one attached hydrogen (secondary N) is 1. The Morgan fingerprint density at radius 3 is 2.65 bits per heavy atom. The lowest BCUT2D eigenvalue weighted by Gasteiger charge is -2.18. The fourth-order valence-corrected chi connectivity index (χ4v) is 2.25. The van der Waals surface area contributed by atoms with Crippen molar-refractivity contribution in [2.75, 3.05) is 5.32 Å². The number of aryl methyl sites for hydroxylation is 1. The van der Waals surface area contributed by atoms with Crippen molar-refractivity contribution in [1.29, 1.82) is 0 Å². The van der Waals surface area contributed by atoms with E-state index in [4.69, 9.17) is 5.73 Å². The normalized spacial score (nSPS) is 11.9. The van der Waals surface area contributed by atoms with E-state index in [1.165, 1.54) is 6.07 Å². The van der Waals surface area contributed by atoms with Gasteiger partial charge in [0.1, 0.15) is 11.9 Å². The van der Waals surface area contributed by atoms with E-state index in [9.17, 15) is 9.18 Å². The van der Waals surface area contributed by atoms with Gasteiger partial charge in [-0.25, -0.2) is 4.39 Å². The van der Waals surface area contributed by atoms with E-state index in [1.54, 1.807) is 19.1 Å². The van der Waals surface area contributed by atoms with Gasteiger partial charge in [-0.05, 0) is 42.3 Å². The topological polar surface area (TPSA) is 55.1 Å². The van der Waals surface area contributed by atoms with Gasteiger partial charge in [-0.2, -0.15) is 0 Å². The second-order valence-corrected chi connectivity index (χ2v) is 5.41. The first kappa shape index (κ1) is 14.5. The van der Waals surface area contributed by atoms with Gasteiger partial charge < -0.3 is 11.1 Å². The Morgan fingerprint density at radius 1 is 1.30 bits per heavy atom. The third-order valence-corrected chi connectivity index (χ3v) is 3.44. The predicted molar refractivity (Wildman–Crippen MR) is 80.8 cm³/mol. The SMILES string of the molecule is Cc1ccc(C(Nc2cccc(Br)c2)C(N)=O)cc1F. The van der Waals surface area contributed by atoms with E-state index in [0.29, 0.717) is 11.1 Å². The summed E-state index contributed by atoms with van der Waals surface area (Å²) >= 11 is 3.35. The average molecular weight is 337 g/mol. The van der Waals surface area contributed by atoms with Crippen LogP contribution in [0.3, 0.4) is 0 Å². The first-order chi connectivity index (χ1) is 9.47. The van der Waals surface area contributed by atoms with Crippen LogP contribution in [0.15, 0.2) is 46.9 Å². The maximum Gasteiger partial charge on any atom is 0.244 e. The molecule has 20 heavy (non-hydrogen) atoms. The molecular weight excluding hydrogens is 323 g/mol. The maximum absolute atomic E-state index is 13.6. The zero-order valence-electron chi connectivity index (χ0n) is 10.9. The van der Waals surface area contributed by atoms with E-state index in [1.807, 2.05) is 24.3 Å². The van der Waals surface area contributed by atoms with Crippen molar-refractivity contribution < 1.29 is 9.18 Å². The van der Waals surface area contributed by atoms with Crippen LogP contribution in [0, 0.1) is 12.7 Å². The summed E-state index contributed by atoms with van der Waals surface area (Å²) in [6.07, 6.45) is 0. The fraction of sp³-hybridized carbons (Fsp3) is 0.133. The molecule has 1 unspecified atom stereocenters. The third kappa shape index (κ3) is 3.36. The molecular formula is C15H14BrFN2O. The summed E-state index contributed by atoms with van der Waals surface area (Å²) in [5.41, 5.74) is 7.16. The summed E-state index contributed by atoms with van der Waals surface area (Å²) in [7, 11) is 0. The fourth-order valence-electron chi connectivity index (χ4n) is 1.85. The average Bonchev–Trinajstić information content (AvgIpc) is 2.39. The molecule has 0 aliphatic carbocycles. The summed E-state index contributed by atoms with van der Waals surface area (Å²) < 4.78 is 14.5. The highest BCUT2D eigenvalue weighted by Gasteiger charge is 2.18. The van der Waals surface area contributed by atoms with Crippen LogP contribution in [0.5, 0.6) is 0 Å². The molecule has 3 N–H and O–H groups in total. The quantitative estimate of drug-likeness (QED) is 0.897. The van der Waals surface area contributed by atoms with Crippen molar-refractivity contribution in [3.63, 3.8) is 0 Å². The number of carbonyl (C=O) groups is 1. The molecule has 0 spiro atoms. The molecule has 0 radical (unpaired) electrons. The molecule has 2 aromatic carbocycles. The van der Waals surface area contributed by atoms with Gasteiger partial charge in [0.15, 0.2) is 0 Å². The maximum atomic E-state index is 13.6. The second kappa shape index (κ2) is 6.05. The highest BCUT2D eigenvalue weighted by molar-refractivity contribution is 9.10. The van der Waals surface area contributed by atoms with Crippen molar-refractivity contribution >= 4 is 27.5 Å². The molecule has 0 saturated heterocycles. The van der Waals surface area contributed by atoms with E-state index in [2.05, 4.69) is 21.2 Å². The van der Waals surface area contributed by atoms with Crippen LogP contribution in [-0.2, 0) is 4.79 Å². The second-order valence-electron chi connectivity index (χ2n) is 4.50. The molecule has 0 heterocycles. The van der Waals surface area contributed by atoms with Crippen LogP contribution in [-0.4, -0.2) is 5.91 Å². The molecule has 3 nitrogen and oxygen atoms in total. The molecule has 0 aliphatic rings. The predicted octanol–water partition coefficient (Wildman–Crippen LogP) is 3.54. The van der Waals surface area contributed by atoms with Gasteiger partial charge in [0, 0.05) is 10.2 Å². The summed E-state index contributed by atoms with van der Waals surface area (Å²) in [4.78, 5) is 11.6. The third-order valence-electron chi connectivity index (χ3n) is 2.95. The van der Waals surface area contributed by atoms with Crippen LogP contribution < -0.4 is 11.1 Å². The van der Waals surface area contributed by atoms with Gasteiger partial charge in [-0.3, -0.25) is 4.79 Å². The van der Waals surface area contributed by atoms with E-state index < -0.39 is 11.9 Å². The number of amides is 1. The molecule has 1 amide bonds. The molecule has 2 aromatic rings. The van der Waals surface area contributed by atoms with Gasteiger partial charge >= 0.3 is 0 Å². The van der Waals surface area contributed by atoms with Crippen LogP contribution in [0.2, 0.25) is 0 Å². The number of halogens is 2. The molecule has 5 heteroatoms. The van der Waals surface area contributed by atoms with Crippen molar-refractivity contribution in [3.05, 3.63) is 63.9 Å². The molecule has 0 fully saturated rings. The standard InChI is InChI=1S/C15H14BrFN2O/c1-9-5-6-10(7-13(9)17)14(15(18)20)19-12-4-2-3-11(16)8-12/h2-8,14,19H,1H3,(H2,18,20). The molecule has 0 saturated carbocycles. The Labute approximate surface area is 125 Å². The lowest BCUT2D eigenvalue weighted by Crippen LogP contribution is -2.27. The molecule has 0 aliphatic heterocycles. The number of hydrogen-bond donors (Lipinski definition) is 2. The van der Waals surface area contributed by atoms with Crippen molar-refractivity contribution in [2.45, 2.75) is 13.0 Å². The van der Waals surface area contributed by atoms with Gasteiger partial charge in [-0.1, -0.05) is 34.1 Å². The highest BCUT2D eigenvalue weighted by atomic mass is 79.9. The van der Waals surface area contributed by atoms with Gasteiger partial charge in [0.25, 0.3) is 0 Å². The summed E-state index contributed by atoms with van der Waals surface area (Å²) in [5, 5.41) is 3.01. The summed E-state index contributed by atoms with van der Waals surface area (Å²) in [5.74, 6) is -0.918. The monoisotopic (exact) mass is 336 g/mol. The number of carbonyl (C=O) groups excluding carboxylic acids is 1. The Bertz CT molecular complexity index is 646. The van der Waals surface area contributed by atoms with E-state index >= 15 is 0 Å². The molecule has 0 aromatic heterocycles. The Hall–Kier alpha value is -1.88. The van der Waals surface area contributed by atoms with Gasteiger partial charge in [0.2, 0.25) is 5.91 Å². The minimum absolute atomic E-state index is 0.357.